The van der Waals surface area contributed by atoms with Crippen LogP contribution in [0.3, 0.4) is 0 Å². The van der Waals surface area contributed by atoms with Crippen LogP contribution in [-0.4, -0.2) is 43.0 Å². The van der Waals surface area contributed by atoms with Crippen molar-refractivity contribution in [1.29, 1.82) is 0 Å². The van der Waals surface area contributed by atoms with Gasteiger partial charge in [-0.25, -0.2) is 0 Å². The van der Waals surface area contributed by atoms with E-state index in [9.17, 15) is 9.59 Å². The fourth-order valence-electron chi connectivity index (χ4n) is 5.04. The van der Waals surface area contributed by atoms with Crippen molar-refractivity contribution in [2.75, 3.05) is 18.4 Å². The number of hydrogen-bond acceptors (Lipinski definition) is 4. The first-order chi connectivity index (χ1) is 14.1. The zero-order valence-electron chi connectivity index (χ0n) is 17.4. The molecule has 1 aromatic rings. The van der Waals surface area contributed by atoms with Crippen LogP contribution < -0.4 is 21.3 Å². The van der Waals surface area contributed by atoms with Gasteiger partial charge in [-0.05, 0) is 75.6 Å². The van der Waals surface area contributed by atoms with Gasteiger partial charge in [0.1, 0.15) is 6.04 Å². The van der Waals surface area contributed by atoms with Gasteiger partial charge >= 0.3 is 0 Å². The lowest BCUT2D eigenvalue weighted by Crippen LogP contribution is -2.48. The lowest BCUT2D eigenvalue weighted by molar-refractivity contribution is -0.124. The molecular formula is C23H34N4O2. The Hall–Kier alpha value is -2.08. The number of fused-ring (bicyclic) bond motifs is 1. The molecule has 4 N–H and O–H groups in total. The van der Waals surface area contributed by atoms with Gasteiger partial charge in [0.15, 0.2) is 0 Å². The van der Waals surface area contributed by atoms with Crippen LogP contribution >= 0.6 is 0 Å². The van der Waals surface area contributed by atoms with Crippen molar-refractivity contribution in [3.05, 3.63) is 29.3 Å². The van der Waals surface area contributed by atoms with Crippen molar-refractivity contribution in [3.8, 4) is 0 Å². The largest absolute Gasteiger partial charge is 0.373 e. The van der Waals surface area contributed by atoms with E-state index in [-0.39, 0.29) is 29.9 Å². The van der Waals surface area contributed by atoms with Crippen molar-refractivity contribution < 1.29 is 9.59 Å². The normalized spacial score (nSPS) is 28.9. The van der Waals surface area contributed by atoms with Gasteiger partial charge in [-0.15, -0.1) is 0 Å². The Morgan fingerprint density at radius 3 is 2.52 bits per heavy atom. The molecule has 2 atom stereocenters. The van der Waals surface area contributed by atoms with Crippen LogP contribution in [0.2, 0.25) is 0 Å². The maximum Gasteiger partial charge on any atom is 0.243 e. The number of benzene rings is 1. The summed E-state index contributed by atoms with van der Waals surface area (Å²) < 4.78 is 0. The topological polar surface area (TPSA) is 82.3 Å². The van der Waals surface area contributed by atoms with Gasteiger partial charge in [-0.3, -0.25) is 9.59 Å². The number of carbonyl (C=O) groups excluding carboxylic acids is 2. The second kappa shape index (κ2) is 9.16. The lowest BCUT2D eigenvalue weighted by Gasteiger charge is -2.31. The molecule has 6 nitrogen and oxygen atoms in total. The molecule has 0 radical (unpaired) electrons. The first-order valence-corrected chi connectivity index (χ1v) is 11.2. The van der Waals surface area contributed by atoms with E-state index >= 15 is 0 Å². The Kier molecular flexibility index (Phi) is 6.38. The molecule has 0 spiro atoms. The molecule has 158 valence electrons. The zero-order valence-corrected chi connectivity index (χ0v) is 17.4. The molecule has 2 unspecified atom stereocenters. The quantitative estimate of drug-likeness (QED) is 0.613. The maximum absolute atomic E-state index is 12.7. The van der Waals surface area contributed by atoms with Crippen LogP contribution in [0.4, 0.5) is 5.69 Å². The summed E-state index contributed by atoms with van der Waals surface area (Å²) >= 11 is 0. The van der Waals surface area contributed by atoms with Gasteiger partial charge in [-0.2, -0.15) is 0 Å². The van der Waals surface area contributed by atoms with Crippen molar-refractivity contribution in [2.24, 2.45) is 5.92 Å². The highest BCUT2D eigenvalue weighted by molar-refractivity contribution is 5.88. The minimum atomic E-state index is -0.173. The van der Waals surface area contributed by atoms with E-state index in [4.69, 9.17) is 0 Å². The second-order valence-corrected chi connectivity index (χ2v) is 9.05. The summed E-state index contributed by atoms with van der Waals surface area (Å²) in [6.07, 6.45) is 7.46. The van der Waals surface area contributed by atoms with E-state index in [1.807, 2.05) is 0 Å². The smallest absolute Gasteiger partial charge is 0.243 e. The molecule has 1 saturated carbocycles. The molecule has 6 heteroatoms. The fraction of sp³-hybridized carbons (Fsp3) is 0.652. The Labute approximate surface area is 173 Å². The molecule has 1 saturated heterocycles. The minimum absolute atomic E-state index is 0.0953. The highest BCUT2D eigenvalue weighted by Crippen LogP contribution is 2.29. The van der Waals surface area contributed by atoms with Crippen LogP contribution in [0.1, 0.15) is 56.1 Å². The number of amides is 2. The monoisotopic (exact) mass is 398 g/mol. The third-order valence-corrected chi connectivity index (χ3v) is 6.73. The molecule has 1 aromatic carbocycles. The van der Waals surface area contributed by atoms with E-state index in [1.165, 1.54) is 17.5 Å². The molecule has 29 heavy (non-hydrogen) atoms. The SMILES string of the molecule is Cc1cccc2c1NC(C(=O)NC1CCC(NC(=O)CC3CCCNC3)CC1)C2. The summed E-state index contributed by atoms with van der Waals surface area (Å²) in [6.45, 7) is 4.12. The molecular weight excluding hydrogens is 364 g/mol. The standard InChI is InChI=1S/C23H34N4O2/c1-15-4-2-6-17-13-20(27-22(15)17)23(29)26-19-9-7-18(8-10-19)25-21(28)12-16-5-3-11-24-14-16/h2,4,6,16,18-20,24,27H,3,5,7-14H2,1H3,(H,25,28)(H,26,29). The number of hydrogen-bond donors (Lipinski definition) is 4. The number of carbonyl (C=O) groups is 2. The van der Waals surface area contributed by atoms with Gasteiger partial charge in [0.05, 0.1) is 0 Å². The summed E-state index contributed by atoms with van der Waals surface area (Å²) in [5, 5.41) is 13.2. The van der Waals surface area contributed by atoms with Gasteiger partial charge in [0, 0.05) is 30.6 Å². The Bertz CT molecular complexity index is 736. The summed E-state index contributed by atoms with van der Waals surface area (Å²) in [5.74, 6) is 0.762. The molecule has 3 aliphatic rings. The molecule has 0 aromatic heterocycles. The third kappa shape index (κ3) is 5.10. The number of piperidine rings is 1. The van der Waals surface area contributed by atoms with E-state index in [0.717, 1.165) is 57.3 Å². The van der Waals surface area contributed by atoms with Crippen molar-refractivity contribution >= 4 is 17.5 Å². The zero-order chi connectivity index (χ0) is 20.2. The van der Waals surface area contributed by atoms with Gasteiger partial charge < -0.3 is 21.3 Å². The molecule has 2 fully saturated rings. The number of rotatable bonds is 5. The van der Waals surface area contributed by atoms with Gasteiger partial charge in [-0.1, -0.05) is 18.2 Å². The van der Waals surface area contributed by atoms with Crippen LogP contribution in [0, 0.1) is 12.8 Å². The minimum Gasteiger partial charge on any atom is -0.373 e. The Morgan fingerprint density at radius 2 is 1.83 bits per heavy atom. The van der Waals surface area contributed by atoms with Crippen LogP contribution in [0.5, 0.6) is 0 Å². The average molecular weight is 399 g/mol. The van der Waals surface area contributed by atoms with Crippen LogP contribution in [0.25, 0.3) is 0 Å². The molecule has 4 rings (SSSR count). The van der Waals surface area contributed by atoms with Crippen molar-refractivity contribution in [3.63, 3.8) is 0 Å². The van der Waals surface area contributed by atoms with Gasteiger partial charge in [0.25, 0.3) is 0 Å². The Morgan fingerprint density at radius 1 is 1.07 bits per heavy atom. The summed E-state index contributed by atoms with van der Waals surface area (Å²) in [7, 11) is 0. The highest BCUT2D eigenvalue weighted by Gasteiger charge is 2.30. The number of para-hydroxylation sites is 1. The Balaban J connectivity index is 1.18. The number of aryl methyl sites for hydroxylation is 1. The second-order valence-electron chi connectivity index (χ2n) is 9.05. The van der Waals surface area contributed by atoms with Crippen molar-refractivity contribution in [1.82, 2.24) is 16.0 Å². The third-order valence-electron chi connectivity index (χ3n) is 6.73. The first kappa shape index (κ1) is 20.2. The number of anilines is 1. The molecule has 1 aliphatic carbocycles. The molecule has 2 heterocycles. The van der Waals surface area contributed by atoms with E-state index < -0.39 is 0 Å². The van der Waals surface area contributed by atoms with Crippen LogP contribution in [0.15, 0.2) is 18.2 Å². The van der Waals surface area contributed by atoms with Crippen molar-refractivity contribution in [2.45, 2.75) is 76.4 Å². The summed E-state index contributed by atoms with van der Waals surface area (Å²) in [5.41, 5.74) is 3.54. The van der Waals surface area contributed by atoms with Gasteiger partial charge in [0.2, 0.25) is 11.8 Å². The maximum atomic E-state index is 12.7. The van der Waals surface area contributed by atoms with E-state index in [2.05, 4.69) is 46.4 Å². The lowest BCUT2D eigenvalue weighted by atomic mass is 9.90. The molecule has 2 aliphatic heterocycles. The van der Waals surface area contributed by atoms with E-state index in [0.29, 0.717) is 12.3 Å². The van der Waals surface area contributed by atoms with E-state index in [1.54, 1.807) is 0 Å². The first-order valence-electron chi connectivity index (χ1n) is 11.2. The predicted molar refractivity (Wildman–Crippen MR) is 115 cm³/mol. The summed E-state index contributed by atoms with van der Waals surface area (Å²) in [4.78, 5) is 25.1. The van der Waals surface area contributed by atoms with Crippen LogP contribution in [-0.2, 0) is 16.0 Å². The summed E-state index contributed by atoms with van der Waals surface area (Å²) in [6, 6.07) is 6.52. The highest BCUT2D eigenvalue weighted by atomic mass is 16.2. The number of nitrogens with one attached hydrogen (secondary N) is 4. The average Bonchev–Trinajstić information content (AvgIpc) is 3.16. The fourth-order valence-corrected chi connectivity index (χ4v) is 5.04. The molecule has 0 bridgehead atoms. The molecule has 2 amide bonds. The predicted octanol–water partition coefficient (Wildman–Crippen LogP) is 2.26.